The standard InChI is InChI=1S/C24H28ClF2N5O/c1-4-8-31(15(2)3)22-14-19(16-11-17(26)23(25)18(27)12-16)28-21-13-20(29-32(21)22)24(33)30-9-6-5-7-10-30/h11-15H,4-10H2,1-3H3. The summed E-state index contributed by atoms with van der Waals surface area (Å²) in [5.41, 5.74) is 1.41. The maximum atomic E-state index is 14.2. The van der Waals surface area contributed by atoms with Gasteiger partial charge in [0.15, 0.2) is 11.3 Å². The highest BCUT2D eigenvalue weighted by molar-refractivity contribution is 6.31. The Morgan fingerprint density at radius 2 is 1.79 bits per heavy atom. The zero-order valence-corrected chi connectivity index (χ0v) is 19.9. The first-order valence-electron chi connectivity index (χ1n) is 11.4. The summed E-state index contributed by atoms with van der Waals surface area (Å²) in [7, 11) is 0. The van der Waals surface area contributed by atoms with Crippen LogP contribution in [0.2, 0.25) is 5.02 Å². The molecule has 0 N–H and O–H groups in total. The van der Waals surface area contributed by atoms with E-state index in [1.54, 1.807) is 16.6 Å². The first kappa shape index (κ1) is 23.4. The van der Waals surface area contributed by atoms with Crippen molar-refractivity contribution in [1.82, 2.24) is 19.5 Å². The zero-order valence-electron chi connectivity index (χ0n) is 19.1. The first-order valence-corrected chi connectivity index (χ1v) is 11.8. The molecule has 1 amide bonds. The van der Waals surface area contributed by atoms with Crippen molar-refractivity contribution in [3.8, 4) is 11.3 Å². The summed E-state index contributed by atoms with van der Waals surface area (Å²) < 4.78 is 30.0. The Hall–Kier alpha value is -2.74. The van der Waals surface area contributed by atoms with Gasteiger partial charge in [-0.3, -0.25) is 4.79 Å². The molecule has 1 aromatic carbocycles. The molecule has 1 fully saturated rings. The third-order valence-corrected chi connectivity index (χ3v) is 6.29. The van der Waals surface area contributed by atoms with Crippen LogP contribution in [-0.4, -0.2) is 51.1 Å². The molecule has 0 spiro atoms. The van der Waals surface area contributed by atoms with Gasteiger partial charge in [-0.15, -0.1) is 0 Å². The number of piperidine rings is 1. The largest absolute Gasteiger partial charge is 0.354 e. The molecule has 1 aliphatic heterocycles. The highest BCUT2D eigenvalue weighted by atomic mass is 35.5. The minimum Gasteiger partial charge on any atom is -0.354 e. The van der Waals surface area contributed by atoms with Crippen LogP contribution in [0.15, 0.2) is 24.3 Å². The lowest BCUT2D eigenvalue weighted by atomic mass is 10.1. The Morgan fingerprint density at radius 3 is 2.39 bits per heavy atom. The number of benzene rings is 1. The van der Waals surface area contributed by atoms with Crippen LogP contribution in [0.25, 0.3) is 16.9 Å². The van der Waals surface area contributed by atoms with Crippen molar-refractivity contribution < 1.29 is 13.6 Å². The van der Waals surface area contributed by atoms with Crippen LogP contribution in [-0.2, 0) is 0 Å². The molecular weight excluding hydrogens is 448 g/mol. The summed E-state index contributed by atoms with van der Waals surface area (Å²) in [5, 5.41) is 4.06. The van der Waals surface area contributed by atoms with Gasteiger partial charge in [0.05, 0.1) is 5.69 Å². The average molecular weight is 476 g/mol. The van der Waals surface area contributed by atoms with Crippen LogP contribution in [0.3, 0.4) is 0 Å². The SMILES string of the molecule is CCCN(c1cc(-c2cc(F)c(Cl)c(F)c2)nc2cc(C(=O)N3CCCCC3)nn12)C(C)C. The number of carbonyl (C=O) groups is 1. The fourth-order valence-corrected chi connectivity index (χ4v) is 4.37. The third-order valence-electron chi connectivity index (χ3n) is 5.93. The van der Waals surface area contributed by atoms with Gasteiger partial charge >= 0.3 is 0 Å². The fraction of sp³-hybridized carbons (Fsp3) is 0.458. The Labute approximate surface area is 197 Å². The molecule has 0 atom stereocenters. The number of fused-ring (bicyclic) bond motifs is 1. The molecular formula is C24H28ClF2N5O. The van der Waals surface area contributed by atoms with Crippen molar-refractivity contribution in [3.05, 3.63) is 46.6 Å². The van der Waals surface area contributed by atoms with E-state index in [1.807, 2.05) is 4.90 Å². The molecule has 0 bridgehead atoms. The van der Waals surface area contributed by atoms with E-state index >= 15 is 0 Å². The minimum atomic E-state index is -0.848. The lowest BCUT2D eigenvalue weighted by molar-refractivity contribution is 0.0718. The number of hydrogen-bond donors (Lipinski definition) is 0. The van der Waals surface area contributed by atoms with E-state index in [4.69, 9.17) is 11.6 Å². The molecule has 9 heteroatoms. The summed E-state index contributed by atoms with van der Waals surface area (Å²) in [6.45, 7) is 8.38. The van der Waals surface area contributed by atoms with Gasteiger partial charge in [0.2, 0.25) is 0 Å². The molecule has 0 unspecified atom stereocenters. The minimum absolute atomic E-state index is 0.122. The van der Waals surface area contributed by atoms with Gasteiger partial charge in [-0.05, 0) is 51.7 Å². The van der Waals surface area contributed by atoms with Gasteiger partial charge in [0.25, 0.3) is 5.91 Å². The topological polar surface area (TPSA) is 53.7 Å². The summed E-state index contributed by atoms with van der Waals surface area (Å²) in [4.78, 5) is 21.6. The molecule has 6 nitrogen and oxygen atoms in total. The Morgan fingerprint density at radius 1 is 1.12 bits per heavy atom. The van der Waals surface area contributed by atoms with Crippen molar-refractivity contribution in [2.75, 3.05) is 24.5 Å². The van der Waals surface area contributed by atoms with Crippen molar-refractivity contribution in [2.24, 2.45) is 0 Å². The van der Waals surface area contributed by atoms with E-state index in [9.17, 15) is 13.6 Å². The third kappa shape index (κ3) is 4.67. The van der Waals surface area contributed by atoms with Crippen LogP contribution >= 0.6 is 11.6 Å². The summed E-state index contributed by atoms with van der Waals surface area (Å²) in [6.07, 6.45) is 3.98. The van der Waals surface area contributed by atoms with Gasteiger partial charge in [0.1, 0.15) is 22.5 Å². The molecule has 4 rings (SSSR count). The maximum absolute atomic E-state index is 14.2. The molecule has 3 aromatic rings. The number of halogens is 3. The molecule has 0 radical (unpaired) electrons. The second-order valence-corrected chi connectivity index (χ2v) is 9.07. The number of amides is 1. The van der Waals surface area contributed by atoms with Crippen molar-refractivity contribution in [1.29, 1.82) is 0 Å². The monoisotopic (exact) mass is 475 g/mol. The number of likely N-dealkylation sites (tertiary alicyclic amines) is 1. The van der Waals surface area contributed by atoms with Crippen LogP contribution < -0.4 is 4.90 Å². The number of hydrogen-bond acceptors (Lipinski definition) is 4. The smallest absolute Gasteiger partial charge is 0.274 e. The molecule has 2 aromatic heterocycles. The number of aromatic nitrogens is 3. The van der Waals surface area contributed by atoms with Crippen molar-refractivity contribution >= 4 is 29.0 Å². The predicted octanol–water partition coefficient (Wildman–Crippen LogP) is 5.58. The van der Waals surface area contributed by atoms with Gasteiger partial charge in [-0.2, -0.15) is 9.61 Å². The van der Waals surface area contributed by atoms with Gasteiger partial charge in [-0.25, -0.2) is 13.8 Å². The summed E-state index contributed by atoms with van der Waals surface area (Å²) in [5.74, 6) is -1.11. The highest BCUT2D eigenvalue weighted by Gasteiger charge is 2.24. The lowest BCUT2D eigenvalue weighted by Gasteiger charge is -2.29. The number of rotatable bonds is 6. The number of anilines is 1. The second-order valence-electron chi connectivity index (χ2n) is 8.69. The first-order chi connectivity index (χ1) is 15.8. The van der Waals surface area contributed by atoms with E-state index in [0.29, 0.717) is 22.9 Å². The van der Waals surface area contributed by atoms with E-state index in [-0.39, 0.29) is 17.5 Å². The number of carbonyl (C=O) groups excluding carboxylic acids is 1. The second kappa shape index (κ2) is 9.63. The zero-order chi connectivity index (χ0) is 23.7. The molecule has 0 saturated carbocycles. The Kier molecular flexibility index (Phi) is 6.83. The Bertz CT molecular complexity index is 1150. The van der Waals surface area contributed by atoms with Crippen LogP contribution in [0.1, 0.15) is 56.9 Å². The summed E-state index contributed by atoms with van der Waals surface area (Å²) >= 11 is 5.67. The quantitative estimate of drug-likeness (QED) is 0.437. The normalized spacial score (nSPS) is 14.3. The van der Waals surface area contributed by atoms with Crippen LogP contribution in [0.4, 0.5) is 14.6 Å². The van der Waals surface area contributed by atoms with Crippen molar-refractivity contribution in [2.45, 2.75) is 52.5 Å². The molecule has 3 heterocycles. The van der Waals surface area contributed by atoms with Gasteiger partial charge < -0.3 is 9.80 Å². The van der Waals surface area contributed by atoms with E-state index < -0.39 is 16.7 Å². The summed E-state index contributed by atoms with van der Waals surface area (Å²) in [6, 6.07) is 5.88. The van der Waals surface area contributed by atoms with E-state index in [1.165, 1.54) is 12.1 Å². The fourth-order valence-electron chi connectivity index (χ4n) is 4.26. The van der Waals surface area contributed by atoms with E-state index in [2.05, 4.69) is 35.8 Å². The van der Waals surface area contributed by atoms with Crippen LogP contribution in [0, 0.1) is 11.6 Å². The molecule has 33 heavy (non-hydrogen) atoms. The lowest BCUT2D eigenvalue weighted by Crippen LogP contribution is -2.36. The highest BCUT2D eigenvalue weighted by Crippen LogP contribution is 2.30. The van der Waals surface area contributed by atoms with Crippen molar-refractivity contribution in [3.63, 3.8) is 0 Å². The van der Waals surface area contributed by atoms with E-state index in [0.717, 1.165) is 45.3 Å². The van der Waals surface area contributed by atoms with Gasteiger partial charge in [0, 0.05) is 43.4 Å². The predicted molar refractivity (Wildman–Crippen MR) is 126 cm³/mol. The molecule has 1 aliphatic rings. The maximum Gasteiger partial charge on any atom is 0.274 e. The Balaban J connectivity index is 1.87. The van der Waals surface area contributed by atoms with Crippen LogP contribution in [0.5, 0.6) is 0 Å². The number of nitrogens with zero attached hydrogens (tertiary/aromatic N) is 5. The van der Waals surface area contributed by atoms with Gasteiger partial charge in [-0.1, -0.05) is 18.5 Å². The molecule has 0 aliphatic carbocycles. The molecule has 176 valence electrons. The molecule has 1 saturated heterocycles. The average Bonchev–Trinajstić information content (AvgIpc) is 3.24.